The molecule has 25 heavy (non-hydrogen) atoms. The highest BCUT2D eigenvalue weighted by Gasteiger charge is 2.19. The molecule has 4 heteroatoms. The van der Waals surface area contributed by atoms with Gasteiger partial charge in [0.1, 0.15) is 12.3 Å². The number of ether oxygens (including phenoxy) is 1. The quantitative estimate of drug-likeness (QED) is 0.846. The Labute approximate surface area is 150 Å². The SMILES string of the molecule is COc1ccc(/C=N/N2CC[NH+](Cc3ccc(C)cc3C)CC2)cc1. The van der Waals surface area contributed by atoms with Crippen LogP contribution in [0.1, 0.15) is 22.3 Å². The Morgan fingerprint density at radius 2 is 1.80 bits per heavy atom. The third kappa shape index (κ3) is 4.83. The van der Waals surface area contributed by atoms with Gasteiger partial charge in [0.05, 0.1) is 39.5 Å². The molecule has 1 saturated heterocycles. The predicted octanol–water partition coefficient (Wildman–Crippen LogP) is 2.05. The van der Waals surface area contributed by atoms with Crippen LogP contribution in [0, 0.1) is 13.8 Å². The van der Waals surface area contributed by atoms with Crippen LogP contribution in [0.25, 0.3) is 0 Å². The van der Waals surface area contributed by atoms with Gasteiger partial charge in [-0.2, -0.15) is 5.10 Å². The number of benzene rings is 2. The molecular weight excluding hydrogens is 310 g/mol. The molecule has 0 spiro atoms. The minimum absolute atomic E-state index is 0.876. The lowest BCUT2D eigenvalue weighted by molar-refractivity contribution is -0.918. The summed E-state index contributed by atoms with van der Waals surface area (Å²) in [5, 5.41) is 6.81. The number of piperazine rings is 1. The third-order valence-electron chi connectivity index (χ3n) is 4.87. The number of aryl methyl sites for hydroxylation is 2. The van der Waals surface area contributed by atoms with Gasteiger partial charge < -0.3 is 9.64 Å². The highest BCUT2D eigenvalue weighted by Crippen LogP contribution is 2.10. The molecule has 4 nitrogen and oxygen atoms in total. The van der Waals surface area contributed by atoms with Crippen molar-refractivity contribution in [3.05, 3.63) is 64.7 Å². The number of hydrogen-bond donors (Lipinski definition) is 1. The third-order valence-corrected chi connectivity index (χ3v) is 4.87. The summed E-state index contributed by atoms with van der Waals surface area (Å²) in [5.41, 5.74) is 5.32. The van der Waals surface area contributed by atoms with E-state index in [0.717, 1.165) is 44.0 Å². The van der Waals surface area contributed by atoms with E-state index in [1.54, 1.807) is 12.0 Å². The molecule has 2 aromatic carbocycles. The molecule has 1 N–H and O–H groups in total. The molecule has 0 aromatic heterocycles. The molecule has 1 heterocycles. The van der Waals surface area contributed by atoms with E-state index < -0.39 is 0 Å². The molecule has 1 fully saturated rings. The summed E-state index contributed by atoms with van der Waals surface area (Å²) < 4.78 is 5.18. The Morgan fingerprint density at radius 1 is 1.08 bits per heavy atom. The molecule has 0 unspecified atom stereocenters. The van der Waals surface area contributed by atoms with Crippen LogP contribution < -0.4 is 9.64 Å². The topological polar surface area (TPSA) is 29.3 Å². The van der Waals surface area contributed by atoms with Gasteiger partial charge in [-0.3, -0.25) is 5.01 Å². The van der Waals surface area contributed by atoms with Crippen LogP contribution in [0.3, 0.4) is 0 Å². The van der Waals surface area contributed by atoms with Crippen molar-refractivity contribution in [2.24, 2.45) is 5.10 Å². The summed E-state index contributed by atoms with van der Waals surface area (Å²) in [5.74, 6) is 0.876. The number of hydrogen-bond acceptors (Lipinski definition) is 3. The van der Waals surface area contributed by atoms with Gasteiger partial charge in [0.2, 0.25) is 0 Å². The second-order valence-electron chi connectivity index (χ2n) is 6.83. The van der Waals surface area contributed by atoms with E-state index in [4.69, 9.17) is 4.74 Å². The standard InChI is InChI=1S/C21H27N3O/c1-17-4-7-20(18(2)14-17)16-23-10-12-24(13-11-23)22-15-19-5-8-21(25-3)9-6-19/h4-9,14-15H,10-13,16H2,1-3H3/p+1/b22-15+. The minimum Gasteiger partial charge on any atom is -0.497 e. The number of methoxy groups -OCH3 is 1. The molecule has 0 amide bonds. The molecule has 3 rings (SSSR count). The Balaban J connectivity index is 1.50. The van der Waals surface area contributed by atoms with E-state index in [1.807, 2.05) is 30.5 Å². The minimum atomic E-state index is 0.876. The second kappa shape index (κ2) is 8.17. The van der Waals surface area contributed by atoms with Crippen molar-refractivity contribution in [2.45, 2.75) is 20.4 Å². The maximum atomic E-state index is 5.18. The first kappa shape index (κ1) is 17.5. The molecule has 2 aromatic rings. The summed E-state index contributed by atoms with van der Waals surface area (Å²) in [6.07, 6.45) is 1.94. The van der Waals surface area contributed by atoms with Gasteiger partial charge in [0.15, 0.2) is 0 Å². The fourth-order valence-corrected chi connectivity index (χ4v) is 3.26. The summed E-state index contributed by atoms with van der Waals surface area (Å²) in [4.78, 5) is 1.64. The smallest absolute Gasteiger partial charge is 0.118 e. The maximum Gasteiger partial charge on any atom is 0.118 e. The van der Waals surface area contributed by atoms with Crippen molar-refractivity contribution < 1.29 is 9.64 Å². The molecule has 132 valence electrons. The first-order chi connectivity index (χ1) is 12.1. The van der Waals surface area contributed by atoms with Crippen LogP contribution in [-0.4, -0.2) is 44.5 Å². The van der Waals surface area contributed by atoms with Crippen LogP contribution in [0.5, 0.6) is 5.75 Å². The first-order valence-electron chi connectivity index (χ1n) is 8.97. The van der Waals surface area contributed by atoms with Crippen molar-refractivity contribution in [1.29, 1.82) is 0 Å². The van der Waals surface area contributed by atoms with E-state index in [0.29, 0.717) is 0 Å². The fraction of sp³-hybridized carbons (Fsp3) is 0.381. The molecule has 0 aliphatic carbocycles. The number of quaternary nitrogens is 1. The highest BCUT2D eigenvalue weighted by atomic mass is 16.5. The van der Waals surface area contributed by atoms with Crippen LogP contribution in [0.15, 0.2) is 47.6 Å². The summed E-state index contributed by atoms with van der Waals surface area (Å²) >= 11 is 0. The number of nitrogens with zero attached hydrogens (tertiary/aromatic N) is 2. The van der Waals surface area contributed by atoms with Gasteiger partial charge >= 0.3 is 0 Å². The van der Waals surface area contributed by atoms with Crippen LogP contribution in [0.2, 0.25) is 0 Å². The van der Waals surface area contributed by atoms with E-state index in [-0.39, 0.29) is 0 Å². The van der Waals surface area contributed by atoms with Crippen LogP contribution in [0.4, 0.5) is 0 Å². The lowest BCUT2D eigenvalue weighted by Gasteiger charge is -2.30. The normalized spacial score (nSPS) is 15.7. The van der Waals surface area contributed by atoms with Crippen molar-refractivity contribution in [2.75, 3.05) is 33.3 Å². The Morgan fingerprint density at radius 3 is 2.44 bits per heavy atom. The fourth-order valence-electron chi connectivity index (χ4n) is 3.26. The van der Waals surface area contributed by atoms with Crippen molar-refractivity contribution >= 4 is 6.21 Å². The molecule has 0 bridgehead atoms. The van der Waals surface area contributed by atoms with E-state index in [1.165, 1.54) is 16.7 Å². The lowest BCUT2D eigenvalue weighted by Crippen LogP contribution is -3.13. The first-order valence-corrected chi connectivity index (χ1v) is 8.97. The lowest BCUT2D eigenvalue weighted by atomic mass is 10.1. The van der Waals surface area contributed by atoms with Gasteiger partial charge in [-0.25, -0.2) is 0 Å². The zero-order chi connectivity index (χ0) is 17.6. The van der Waals surface area contributed by atoms with Crippen LogP contribution >= 0.6 is 0 Å². The predicted molar refractivity (Wildman–Crippen MR) is 102 cm³/mol. The van der Waals surface area contributed by atoms with Gasteiger partial charge in [0, 0.05) is 5.56 Å². The largest absolute Gasteiger partial charge is 0.497 e. The molecule has 0 saturated carbocycles. The zero-order valence-corrected chi connectivity index (χ0v) is 15.5. The molecular formula is C21H28N3O+. The van der Waals surface area contributed by atoms with Gasteiger partial charge in [-0.15, -0.1) is 0 Å². The van der Waals surface area contributed by atoms with E-state index >= 15 is 0 Å². The number of rotatable bonds is 5. The van der Waals surface area contributed by atoms with Crippen molar-refractivity contribution in [1.82, 2.24) is 5.01 Å². The number of nitrogens with one attached hydrogen (secondary N) is 1. The zero-order valence-electron chi connectivity index (χ0n) is 15.5. The van der Waals surface area contributed by atoms with Crippen molar-refractivity contribution in [3.63, 3.8) is 0 Å². The molecule has 1 aliphatic heterocycles. The summed E-state index contributed by atoms with van der Waals surface area (Å²) in [6.45, 7) is 9.77. The second-order valence-corrected chi connectivity index (χ2v) is 6.83. The molecule has 0 radical (unpaired) electrons. The Hall–Kier alpha value is -2.33. The average Bonchev–Trinajstić information content (AvgIpc) is 2.64. The monoisotopic (exact) mass is 338 g/mol. The summed E-state index contributed by atoms with van der Waals surface area (Å²) in [6, 6.07) is 14.8. The average molecular weight is 338 g/mol. The van der Waals surface area contributed by atoms with E-state index in [2.05, 4.69) is 42.2 Å². The van der Waals surface area contributed by atoms with Gasteiger partial charge in [-0.05, 0) is 49.2 Å². The Bertz CT molecular complexity index is 716. The van der Waals surface area contributed by atoms with Crippen LogP contribution in [-0.2, 0) is 6.54 Å². The van der Waals surface area contributed by atoms with Gasteiger partial charge in [0.25, 0.3) is 0 Å². The van der Waals surface area contributed by atoms with Gasteiger partial charge in [-0.1, -0.05) is 23.8 Å². The highest BCUT2D eigenvalue weighted by molar-refractivity contribution is 5.79. The van der Waals surface area contributed by atoms with E-state index in [9.17, 15) is 0 Å². The molecule has 0 atom stereocenters. The Kier molecular flexibility index (Phi) is 5.71. The molecule has 1 aliphatic rings. The maximum absolute atomic E-state index is 5.18. The summed E-state index contributed by atoms with van der Waals surface area (Å²) in [7, 11) is 1.68. The number of hydrazone groups is 1. The van der Waals surface area contributed by atoms with Crippen molar-refractivity contribution in [3.8, 4) is 5.75 Å².